The van der Waals surface area contributed by atoms with Crippen LogP contribution < -0.4 is 51.7 Å². The van der Waals surface area contributed by atoms with Crippen molar-refractivity contribution in [3.8, 4) is 68.4 Å². The molecule has 0 spiro atoms. The van der Waals surface area contributed by atoms with Crippen molar-refractivity contribution >= 4 is 34.4 Å². The topological polar surface area (TPSA) is 72.7 Å². The average molecular weight is 1450 g/mol. The van der Waals surface area contributed by atoms with E-state index in [4.69, 9.17) is 0 Å². The Morgan fingerprint density at radius 1 is 0.380 bits per heavy atom. The monoisotopic (exact) mass is 1440 g/mol. The van der Waals surface area contributed by atoms with Crippen molar-refractivity contribution < 1.29 is 32.1 Å². The van der Waals surface area contributed by atoms with E-state index in [1.165, 1.54) is 108 Å². The molecule has 13 aromatic rings. The predicted octanol–water partition coefficient (Wildman–Crippen LogP) is 16.1. The van der Waals surface area contributed by atoms with Crippen LogP contribution >= 0.6 is 0 Å². The summed E-state index contributed by atoms with van der Waals surface area (Å²) in [6, 6.07) is 72.9. The number of para-hydroxylation sites is 5. The average Bonchev–Trinajstić information content (AvgIpc) is 1.59. The standard InChI is InChI=1S/C29H35N3.C22H28N5.C21H27N5.C20H25N3/c1-20(2)23-14-10-15-24(21(3)4)28(23)32-19-18-30(6)29(32)27-17-11-16-26(31(27)7)25-13-9-8-12-22(25)5;1-15(2)26-17(4)27(20-11-8-7-10-19(20)26)22-13-9-12-18(24(22)5)21-14-16(3)23-25(21)6;1-16(2)25-17(3)26(19-11-7-6-10-18(19)25)21-13-8-12-20(23(21)5)24-15-9-14-22(24)4;1-15(2)23-14-13-21(4)20(23)19-12-8-11-18(22(19)5)17-10-7-6-9-16(17)3/h8-21H,1-7H3;7-15,17H,1-6H3;6-17H,1-5H3;6-15H,1-5H3/q+2;+1;2*+2. The Morgan fingerprint density at radius 2 is 0.806 bits per heavy atom. The Hall–Kier alpha value is -11.3. The summed E-state index contributed by atoms with van der Waals surface area (Å²) in [7, 11) is 16.9. The van der Waals surface area contributed by atoms with E-state index >= 15 is 0 Å². The van der Waals surface area contributed by atoms with Crippen LogP contribution in [0.1, 0.15) is 129 Å². The first-order chi connectivity index (χ1) is 51.7. The van der Waals surface area contributed by atoms with Gasteiger partial charge in [-0.05, 0) is 177 Å². The van der Waals surface area contributed by atoms with Gasteiger partial charge in [-0.3, -0.25) is 4.68 Å². The molecule has 556 valence electrons. The number of fused-ring (bicyclic) bond motifs is 2. The van der Waals surface area contributed by atoms with E-state index in [1.807, 2.05) is 18.7 Å². The molecule has 108 heavy (non-hydrogen) atoms. The predicted molar refractivity (Wildman–Crippen MR) is 439 cm³/mol. The third kappa shape index (κ3) is 14.6. The molecule has 10 heterocycles. The van der Waals surface area contributed by atoms with Crippen molar-refractivity contribution in [3.63, 3.8) is 0 Å². The second-order valence-electron chi connectivity index (χ2n) is 30.6. The Morgan fingerprint density at radius 3 is 1.28 bits per heavy atom. The molecule has 15 rings (SSSR count). The second kappa shape index (κ2) is 32.1. The van der Waals surface area contributed by atoms with E-state index in [9.17, 15) is 0 Å². The Labute approximate surface area is 642 Å². The van der Waals surface area contributed by atoms with Gasteiger partial charge in [-0.2, -0.15) is 18.8 Å². The zero-order valence-electron chi connectivity index (χ0n) is 68.2. The fraction of sp³-hybridized carbons (Fsp3) is 0.326. The third-order valence-corrected chi connectivity index (χ3v) is 21.7. The van der Waals surface area contributed by atoms with Gasteiger partial charge in [0.1, 0.15) is 62.1 Å². The maximum Gasteiger partial charge on any atom is 0.359 e. The highest BCUT2D eigenvalue weighted by Crippen LogP contribution is 2.46. The molecule has 0 saturated carbocycles. The molecule has 0 bridgehead atoms. The van der Waals surface area contributed by atoms with E-state index in [0.29, 0.717) is 30.0 Å². The molecular formula is C92H115N16+7. The lowest BCUT2D eigenvalue weighted by Crippen LogP contribution is -2.50. The zero-order chi connectivity index (χ0) is 77.3. The van der Waals surface area contributed by atoms with Gasteiger partial charge in [-0.1, -0.05) is 111 Å². The van der Waals surface area contributed by atoms with Gasteiger partial charge in [0.25, 0.3) is 23.0 Å². The molecule has 16 heteroatoms. The van der Waals surface area contributed by atoms with Crippen LogP contribution in [-0.2, 0) is 56.4 Å². The highest BCUT2D eigenvalue weighted by molar-refractivity contribution is 5.83. The number of pyridine rings is 4. The quantitative estimate of drug-likeness (QED) is 0.101. The molecule has 0 saturated heterocycles. The summed E-state index contributed by atoms with van der Waals surface area (Å²) in [5, 5.41) is 4.52. The van der Waals surface area contributed by atoms with E-state index in [1.54, 1.807) is 0 Å². The van der Waals surface area contributed by atoms with Gasteiger partial charge in [0, 0.05) is 89.9 Å². The van der Waals surface area contributed by atoms with Gasteiger partial charge < -0.3 is 9.80 Å². The molecule has 0 radical (unpaired) electrons. The van der Waals surface area contributed by atoms with Crippen LogP contribution in [0.4, 0.5) is 34.4 Å². The number of benzene rings is 5. The van der Waals surface area contributed by atoms with Gasteiger partial charge in [0.05, 0.1) is 51.3 Å². The summed E-state index contributed by atoms with van der Waals surface area (Å²) in [6.45, 7) is 33.5. The van der Waals surface area contributed by atoms with Crippen molar-refractivity contribution in [2.24, 2.45) is 56.4 Å². The van der Waals surface area contributed by atoms with Gasteiger partial charge >= 0.3 is 11.6 Å². The number of rotatable bonds is 14. The van der Waals surface area contributed by atoms with Gasteiger partial charge in [-0.25, -0.2) is 32.6 Å². The zero-order valence-corrected chi connectivity index (χ0v) is 68.2. The van der Waals surface area contributed by atoms with Crippen LogP contribution in [0.2, 0.25) is 0 Å². The van der Waals surface area contributed by atoms with Crippen molar-refractivity contribution in [3.05, 3.63) is 265 Å². The lowest BCUT2D eigenvalue weighted by Gasteiger charge is -2.30. The Kier molecular flexibility index (Phi) is 22.7. The third-order valence-electron chi connectivity index (χ3n) is 21.7. The first-order valence-electron chi connectivity index (χ1n) is 38.4. The Bertz CT molecular complexity index is 5320. The van der Waals surface area contributed by atoms with Crippen LogP contribution in [0.5, 0.6) is 0 Å². The fourth-order valence-electron chi connectivity index (χ4n) is 16.3. The van der Waals surface area contributed by atoms with Gasteiger partial charge in [0.2, 0.25) is 23.4 Å². The summed E-state index contributed by atoms with van der Waals surface area (Å²) in [6.07, 6.45) is 13.3. The molecule has 0 amide bonds. The van der Waals surface area contributed by atoms with Gasteiger partial charge in [0.15, 0.2) is 30.8 Å². The van der Waals surface area contributed by atoms with Gasteiger partial charge in [-0.15, -0.1) is 0 Å². The number of hydrogen-bond donors (Lipinski definition) is 0. The second-order valence-corrected chi connectivity index (χ2v) is 30.6. The van der Waals surface area contributed by atoms with Crippen molar-refractivity contribution in [1.82, 2.24) is 23.6 Å². The highest BCUT2D eigenvalue weighted by atomic mass is 15.5. The molecule has 2 atom stereocenters. The molecule has 5 aromatic carbocycles. The van der Waals surface area contributed by atoms with Crippen LogP contribution in [0.15, 0.2) is 237 Å². The number of anilines is 6. The first kappa shape index (κ1) is 76.4. The highest BCUT2D eigenvalue weighted by Gasteiger charge is 2.44. The minimum atomic E-state index is 0.247. The molecule has 8 aromatic heterocycles. The fourth-order valence-corrected chi connectivity index (χ4v) is 16.3. The molecule has 16 nitrogen and oxygen atoms in total. The Balaban J connectivity index is 0.000000135. The van der Waals surface area contributed by atoms with E-state index in [2.05, 4.69) is 454 Å². The molecule has 0 aliphatic carbocycles. The van der Waals surface area contributed by atoms with Crippen molar-refractivity contribution in [1.29, 1.82) is 0 Å². The summed E-state index contributed by atoms with van der Waals surface area (Å²) >= 11 is 0. The number of aryl methyl sites for hydroxylation is 7. The molecule has 2 aliphatic heterocycles. The van der Waals surface area contributed by atoms with Crippen LogP contribution in [0.3, 0.4) is 0 Å². The SMILES string of the molecule is CC(C)N1c2ccccc2N(c2cccc(-n3ccc[n+]3C)[n+]2C)C1C.Cc1cc(-c2cccc(N3c4ccccc4N(C(C)C)C3C)[n+]2C)n(C)n1.Cc1ccccc1-c1cccc(-c2n(-c3c(C(C)C)cccc3C(C)C)cc[n+]2C)[n+]1C.Cc1ccccc1-c1cccc(-c2n(C(C)C)cc[n+]2C)[n+]1C. The number of imidazole rings is 2. The molecular weight excluding hydrogens is 1330 g/mol. The summed E-state index contributed by atoms with van der Waals surface area (Å²) in [5.74, 6) is 6.76. The van der Waals surface area contributed by atoms with Crippen LogP contribution in [-0.4, -0.2) is 48.0 Å². The smallest absolute Gasteiger partial charge is 0.334 e. The van der Waals surface area contributed by atoms with E-state index in [0.717, 1.165) is 22.9 Å². The van der Waals surface area contributed by atoms with Crippen LogP contribution in [0, 0.1) is 20.8 Å². The van der Waals surface area contributed by atoms with E-state index < -0.39 is 0 Å². The lowest BCUT2D eigenvalue weighted by atomic mass is 9.92. The summed E-state index contributed by atoms with van der Waals surface area (Å²) < 4.78 is 24.5. The minimum absolute atomic E-state index is 0.247. The van der Waals surface area contributed by atoms with Crippen molar-refractivity contribution in [2.75, 3.05) is 19.6 Å². The number of aromatic nitrogens is 12. The number of hydrogen-bond acceptors (Lipinski definition) is 5. The molecule has 0 N–H and O–H groups in total. The lowest BCUT2D eigenvalue weighted by molar-refractivity contribution is -0.763. The molecule has 2 unspecified atom stereocenters. The van der Waals surface area contributed by atoms with E-state index in [-0.39, 0.29) is 12.3 Å². The van der Waals surface area contributed by atoms with Crippen molar-refractivity contribution in [2.45, 2.75) is 146 Å². The largest absolute Gasteiger partial charge is 0.359 e. The minimum Gasteiger partial charge on any atom is -0.334 e. The summed E-state index contributed by atoms with van der Waals surface area (Å²) in [4.78, 5) is 9.83. The molecule has 0 fully saturated rings. The maximum absolute atomic E-state index is 4.52. The van der Waals surface area contributed by atoms with Crippen LogP contribution in [0.25, 0.3) is 68.4 Å². The molecule has 2 aliphatic rings. The first-order valence-corrected chi connectivity index (χ1v) is 38.4. The number of nitrogens with zero attached hydrogens (tertiary/aromatic N) is 16. The normalized spacial score (nSPS) is 13.9. The maximum atomic E-state index is 4.52. The summed E-state index contributed by atoms with van der Waals surface area (Å²) in [5.41, 5.74) is 22.5.